The fraction of sp³-hybridized carbons (Fsp3) is 0.231. The van der Waals surface area contributed by atoms with Crippen molar-refractivity contribution in [3.05, 3.63) is 62.1 Å². The number of nitro benzene ring substituents is 1. The van der Waals surface area contributed by atoms with Gasteiger partial charge in [0, 0.05) is 29.5 Å². The first-order chi connectivity index (χ1) is 9.91. The van der Waals surface area contributed by atoms with Crippen molar-refractivity contribution >= 4 is 17.4 Å². The van der Waals surface area contributed by atoms with E-state index < -0.39 is 10.6 Å². The van der Waals surface area contributed by atoms with E-state index in [0.717, 1.165) is 0 Å². The lowest BCUT2D eigenvalue weighted by Crippen LogP contribution is -2.41. The van der Waals surface area contributed by atoms with Crippen molar-refractivity contribution in [1.29, 1.82) is 0 Å². The fourth-order valence-corrected chi connectivity index (χ4v) is 3.50. The van der Waals surface area contributed by atoms with Crippen LogP contribution >= 0.6 is 11.8 Å². The second-order valence-corrected chi connectivity index (χ2v) is 5.71. The predicted octanol–water partition coefficient (Wildman–Crippen LogP) is 1.26. The van der Waals surface area contributed by atoms with Crippen LogP contribution in [0.1, 0.15) is 11.3 Å². The first-order valence-electron chi connectivity index (χ1n) is 6.13. The summed E-state index contributed by atoms with van der Waals surface area (Å²) in [5.74, 6) is 0.233. The van der Waals surface area contributed by atoms with E-state index in [2.05, 4.69) is 4.98 Å². The van der Waals surface area contributed by atoms with E-state index in [1.54, 1.807) is 6.92 Å². The van der Waals surface area contributed by atoms with Gasteiger partial charge in [0.25, 0.3) is 11.2 Å². The van der Waals surface area contributed by atoms with Gasteiger partial charge in [-0.25, -0.2) is 4.98 Å². The molecule has 0 spiro atoms. The minimum Gasteiger partial charge on any atom is -0.366 e. The molecule has 1 N–H and O–H groups in total. The first kappa shape index (κ1) is 13.8. The second-order valence-electron chi connectivity index (χ2n) is 4.76. The van der Waals surface area contributed by atoms with E-state index in [0.29, 0.717) is 16.4 Å². The molecule has 1 unspecified atom stereocenters. The number of thioether (sulfide) groups is 1. The van der Waals surface area contributed by atoms with Crippen LogP contribution in [-0.4, -0.2) is 25.3 Å². The number of nitro groups is 1. The molecule has 1 aromatic heterocycles. The van der Waals surface area contributed by atoms with Crippen molar-refractivity contribution in [3.63, 3.8) is 0 Å². The Bertz CT molecular complexity index is 787. The number of fused-ring (bicyclic) bond motifs is 1. The van der Waals surface area contributed by atoms with Crippen LogP contribution in [0.4, 0.5) is 5.69 Å². The first-order valence-corrected chi connectivity index (χ1v) is 7.12. The molecule has 2 aromatic rings. The van der Waals surface area contributed by atoms with Gasteiger partial charge >= 0.3 is 0 Å². The highest BCUT2D eigenvalue weighted by Gasteiger charge is 2.40. The second kappa shape index (κ2) is 4.68. The van der Waals surface area contributed by atoms with E-state index in [-0.39, 0.29) is 17.0 Å². The van der Waals surface area contributed by atoms with Gasteiger partial charge in [0.15, 0.2) is 10.9 Å². The Morgan fingerprint density at radius 1 is 1.43 bits per heavy atom. The normalized spacial score (nSPS) is 20.3. The SMILES string of the molecule is Cc1cc(=O)n2c(n1)SCC2(O)c1ccc([N+](=O)[O-])cc1. The minimum absolute atomic E-state index is 0.0670. The molecule has 0 fully saturated rings. The zero-order valence-electron chi connectivity index (χ0n) is 11.0. The van der Waals surface area contributed by atoms with Crippen molar-refractivity contribution < 1.29 is 10.0 Å². The number of aliphatic hydroxyl groups is 1. The predicted molar refractivity (Wildman–Crippen MR) is 76.3 cm³/mol. The average Bonchev–Trinajstić information content (AvgIpc) is 2.77. The fourth-order valence-electron chi connectivity index (χ4n) is 2.30. The van der Waals surface area contributed by atoms with E-state index in [4.69, 9.17) is 0 Å². The third kappa shape index (κ3) is 2.12. The lowest BCUT2D eigenvalue weighted by atomic mass is 10.0. The van der Waals surface area contributed by atoms with Gasteiger partial charge in [0.2, 0.25) is 0 Å². The maximum Gasteiger partial charge on any atom is 0.269 e. The summed E-state index contributed by atoms with van der Waals surface area (Å²) in [6.45, 7) is 1.71. The lowest BCUT2D eigenvalue weighted by Gasteiger charge is -2.24. The van der Waals surface area contributed by atoms with Crippen LogP contribution < -0.4 is 5.56 Å². The zero-order valence-corrected chi connectivity index (χ0v) is 11.8. The van der Waals surface area contributed by atoms with E-state index in [9.17, 15) is 20.0 Å². The summed E-state index contributed by atoms with van der Waals surface area (Å²) in [7, 11) is 0. The van der Waals surface area contributed by atoms with Crippen LogP contribution in [0.25, 0.3) is 0 Å². The van der Waals surface area contributed by atoms with Crippen molar-refractivity contribution in [2.45, 2.75) is 17.8 Å². The van der Waals surface area contributed by atoms with Crippen LogP contribution in [0.2, 0.25) is 0 Å². The number of benzene rings is 1. The summed E-state index contributed by atoms with van der Waals surface area (Å²) >= 11 is 1.28. The summed E-state index contributed by atoms with van der Waals surface area (Å²) in [5, 5.41) is 22.0. The summed E-state index contributed by atoms with van der Waals surface area (Å²) in [6, 6.07) is 6.89. The molecule has 0 bridgehead atoms. The third-order valence-electron chi connectivity index (χ3n) is 3.33. The van der Waals surface area contributed by atoms with Gasteiger partial charge < -0.3 is 5.11 Å². The smallest absolute Gasteiger partial charge is 0.269 e. The maximum atomic E-state index is 12.1. The molecule has 0 radical (unpaired) electrons. The number of aryl methyl sites for hydroxylation is 1. The molecule has 0 saturated heterocycles. The van der Waals surface area contributed by atoms with Crippen molar-refractivity contribution in [3.8, 4) is 0 Å². The minimum atomic E-state index is -1.53. The Kier molecular flexibility index (Phi) is 3.07. The van der Waals surface area contributed by atoms with Crippen LogP contribution in [0.3, 0.4) is 0 Å². The summed E-state index contributed by atoms with van der Waals surface area (Å²) in [4.78, 5) is 26.5. The van der Waals surface area contributed by atoms with Gasteiger partial charge in [-0.2, -0.15) is 0 Å². The van der Waals surface area contributed by atoms with Gasteiger partial charge in [-0.1, -0.05) is 11.8 Å². The Labute approximate surface area is 123 Å². The largest absolute Gasteiger partial charge is 0.366 e. The summed E-state index contributed by atoms with van der Waals surface area (Å²) in [6.07, 6.45) is 0. The molecule has 1 aliphatic heterocycles. The Morgan fingerprint density at radius 2 is 2.10 bits per heavy atom. The number of non-ortho nitro benzene ring substituents is 1. The van der Waals surface area contributed by atoms with Crippen molar-refractivity contribution in [2.75, 3.05) is 5.75 Å². The molecule has 3 rings (SSSR count). The Balaban J connectivity index is 2.13. The lowest BCUT2D eigenvalue weighted by molar-refractivity contribution is -0.384. The van der Waals surface area contributed by atoms with E-state index >= 15 is 0 Å². The number of hydrogen-bond donors (Lipinski definition) is 1. The summed E-state index contributed by atoms with van der Waals surface area (Å²) < 4.78 is 1.23. The maximum absolute atomic E-state index is 12.1. The highest BCUT2D eigenvalue weighted by molar-refractivity contribution is 7.99. The van der Waals surface area contributed by atoms with Crippen LogP contribution in [0, 0.1) is 17.0 Å². The average molecular weight is 305 g/mol. The van der Waals surface area contributed by atoms with Crippen molar-refractivity contribution in [2.24, 2.45) is 0 Å². The van der Waals surface area contributed by atoms with E-state index in [1.807, 2.05) is 0 Å². The highest BCUT2D eigenvalue weighted by atomic mass is 32.2. The standard InChI is InChI=1S/C13H11N3O4S/c1-8-6-11(17)15-12(14-8)21-7-13(15,18)9-2-4-10(5-3-9)16(19)20/h2-6,18H,7H2,1H3. The number of rotatable bonds is 2. The van der Waals surface area contributed by atoms with Gasteiger partial charge in [-0.15, -0.1) is 0 Å². The Morgan fingerprint density at radius 3 is 2.71 bits per heavy atom. The van der Waals surface area contributed by atoms with Crippen molar-refractivity contribution in [1.82, 2.24) is 9.55 Å². The number of aromatic nitrogens is 2. The molecule has 8 heteroatoms. The third-order valence-corrected chi connectivity index (χ3v) is 4.41. The van der Waals surface area contributed by atoms with Crippen LogP contribution in [0.5, 0.6) is 0 Å². The van der Waals surface area contributed by atoms with Crippen LogP contribution in [0.15, 0.2) is 40.3 Å². The van der Waals surface area contributed by atoms with Gasteiger partial charge in [0.1, 0.15) is 0 Å². The quantitative estimate of drug-likeness (QED) is 0.509. The monoisotopic (exact) mass is 305 g/mol. The zero-order chi connectivity index (χ0) is 15.2. The highest BCUT2D eigenvalue weighted by Crippen LogP contribution is 2.38. The number of hydrogen-bond acceptors (Lipinski definition) is 6. The molecule has 0 amide bonds. The molecular weight excluding hydrogens is 294 g/mol. The Hall–Kier alpha value is -2.19. The molecule has 0 saturated carbocycles. The van der Waals surface area contributed by atoms with E-state index in [1.165, 1.54) is 46.7 Å². The topological polar surface area (TPSA) is 98.3 Å². The molecule has 2 heterocycles. The van der Waals surface area contributed by atoms with Gasteiger partial charge in [-0.3, -0.25) is 19.5 Å². The molecule has 21 heavy (non-hydrogen) atoms. The molecule has 108 valence electrons. The molecular formula is C13H11N3O4S. The molecule has 1 aliphatic rings. The van der Waals surface area contributed by atoms with Gasteiger partial charge in [-0.05, 0) is 19.1 Å². The molecule has 1 atom stereocenters. The molecule has 7 nitrogen and oxygen atoms in total. The summed E-state index contributed by atoms with van der Waals surface area (Å²) in [5.41, 5.74) is -0.933. The number of nitrogens with zero attached hydrogens (tertiary/aromatic N) is 3. The van der Waals surface area contributed by atoms with Gasteiger partial charge in [0.05, 0.1) is 10.7 Å². The van der Waals surface area contributed by atoms with Crippen LogP contribution in [-0.2, 0) is 5.72 Å². The molecule has 0 aliphatic carbocycles. The molecule has 1 aromatic carbocycles.